The van der Waals surface area contributed by atoms with Crippen molar-refractivity contribution < 1.29 is 0 Å². The summed E-state index contributed by atoms with van der Waals surface area (Å²) in [5.74, 6) is 2.86. The van der Waals surface area contributed by atoms with E-state index in [1.165, 1.54) is 109 Å². The van der Waals surface area contributed by atoms with Crippen LogP contribution in [-0.4, -0.2) is 4.57 Å². The lowest BCUT2D eigenvalue weighted by Gasteiger charge is -2.66. The van der Waals surface area contributed by atoms with Crippen LogP contribution >= 0.6 is 0 Å². The summed E-state index contributed by atoms with van der Waals surface area (Å²) in [5, 5.41) is 7.75. The van der Waals surface area contributed by atoms with Gasteiger partial charge in [0.15, 0.2) is 0 Å². The third-order valence-corrected chi connectivity index (χ3v) is 15.2. The van der Waals surface area contributed by atoms with Gasteiger partial charge in [0, 0.05) is 33.2 Å². The van der Waals surface area contributed by atoms with Gasteiger partial charge in [0.05, 0.1) is 16.7 Å². The lowest BCUT2D eigenvalue weighted by Crippen LogP contribution is -2.59. The molecule has 4 aliphatic rings. The Balaban J connectivity index is 0.974. The molecule has 268 valence electrons. The van der Waals surface area contributed by atoms with E-state index in [9.17, 15) is 0 Å². The van der Waals surface area contributed by atoms with Gasteiger partial charge in [0.2, 0.25) is 0 Å². The molecule has 9 aromatic rings. The highest BCUT2D eigenvalue weighted by molar-refractivity contribution is 6.15. The Kier molecular flexibility index (Phi) is 6.24. The summed E-state index contributed by atoms with van der Waals surface area (Å²) in [4.78, 5) is 2.62. The second-order valence-corrected chi connectivity index (χ2v) is 17.5. The van der Waals surface area contributed by atoms with Crippen molar-refractivity contribution in [2.75, 3.05) is 4.90 Å². The molecular weight excluding hydrogens is 677 g/mol. The fraction of sp³-hybridized carbons (Fsp3) is 0.185. The smallest absolute Gasteiger partial charge is 0.0546 e. The van der Waals surface area contributed by atoms with Gasteiger partial charge in [-0.05, 0) is 142 Å². The summed E-state index contributed by atoms with van der Waals surface area (Å²) in [6.07, 6.45) is 7.07. The molecule has 2 nitrogen and oxygen atoms in total. The van der Waals surface area contributed by atoms with Gasteiger partial charge >= 0.3 is 0 Å². The second-order valence-electron chi connectivity index (χ2n) is 17.5. The summed E-state index contributed by atoms with van der Waals surface area (Å²) >= 11 is 0. The van der Waals surface area contributed by atoms with Gasteiger partial charge in [-0.25, -0.2) is 0 Å². The van der Waals surface area contributed by atoms with Crippen molar-refractivity contribution in [1.82, 2.24) is 4.57 Å². The number of anilines is 3. The van der Waals surface area contributed by atoms with Crippen LogP contribution in [0.2, 0.25) is 0 Å². The third kappa shape index (κ3) is 4.07. The number of fused-ring (bicyclic) bond motifs is 7. The Morgan fingerprint density at radius 1 is 0.464 bits per heavy atom. The van der Waals surface area contributed by atoms with Crippen LogP contribution in [0.4, 0.5) is 17.1 Å². The van der Waals surface area contributed by atoms with Crippen LogP contribution in [0.25, 0.3) is 60.2 Å². The molecule has 4 aliphatic carbocycles. The van der Waals surface area contributed by atoms with Crippen molar-refractivity contribution in [3.8, 4) is 16.8 Å². The van der Waals surface area contributed by atoms with Crippen LogP contribution < -0.4 is 4.90 Å². The largest absolute Gasteiger partial charge is 0.310 e. The molecule has 1 heterocycles. The minimum absolute atomic E-state index is 0.273. The van der Waals surface area contributed by atoms with Gasteiger partial charge in [0.1, 0.15) is 0 Å². The average Bonchev–Trinajstić information content (AvgIpc) is 3.87. The molecule has 0 unspecified atom stereocenters. The Labute approximate surface area is 327 Å². The maximum Gasteiger partial charge on any atom is 0.0546 e. The summed E-state index contributed by atoms with van der Waals surface area (Å²) in [7, 11) is 0. The number of hydrogen-bond donors (Lipinski definition) is 0. The number of aromatic nitrogens is 1. The van der Waals surface area contributed by atoms with E-state index >= 15 is 0 Å². The van der Waals surface area contributed by atoms with Gasteiger partial charge in [0.25, 0.3) is 0 Å². The molecule has 0 saturated heterocycles. The molecule has 8 aromatic carbocycles. The average molecular weight is 719 g/mol. The first-order valence-corrected chi connectivity index (χ1v) is 20.7. The van der Waals surface area contributed by atoms with Crippen molar-refractivity contribution in [2.45, 2.75) is 37.5 Å². The second kappa shape index (κ2) is 11.2. The highest BCUT2D eigenvalue weighted by Gasteiger charge is 2.77. The Hall–Kier alpha value is -6.12. The van der Waals surface area contributed by atoms with E-state index < -0.39 is 0 Å². The first-order chi connectivity index (χ1) is 27.7. The van der Waals surface area contributed by atoms with Crippen LogP contribution in [0.3, 0.4) is 0 Å². The molecule has 0 aliphatic heterocycles. The van der Waals surface area contributed by atoms with Crippen molar-refractivity contribution in [2.24, 2.45) is 23.2 Å². The van der Waals surface area contributed by atoms with E-state index in [0.717, 1.165) is 17.8 Å². The number of para-hydroxylation sites is 3. The minimum Gasteiger partial charge on any atom is -0.310 e. The lowest BCUT2D eigenvalue weighted by atomic mass is 9.38. The zero-order valence-electron chi connectivity index (χ0n) is 31.4. The molecule has 1 aromatic heterocycles. The molecular formula is C54H42N2. The van der Waals surface area contributed by atoms with E-state index in [2.05, 4.69) is 185 Å². The Morgan fingerprint density at radius 3 is 1.80 bits per heavy atom. The molecule has 0 amide bonds. The molecule has 2 heteroatoms. The van der Waals surface area contributed by atoms with Crippen LogP contribution in [-0.2, 0) is 5.41 Å². The monoisotopic (exact) mass is 718 g/mol. The van der Waals surface area contributed by atoms with E-state index in [0.29, 0.717) is 5.41 Å². The van der Waals surface area contributed by atoms with Crippen LogP contribution in [0, 0.1) is 23.2 Å². The Bertz CT molecular complexity index is 2990. The highest BCUT2D eigenvalue weighted by Crippen LogP contribution is 2.84. The van der Waals surface area contributed by atoms with Gasteiger partial charge in [-0.3, -0.25) is 0 Å². The standard InChI is InChI=1S/C54H42N2/c1-2-15-43-37(12-1)29-52(45-17-4-3-16-44(43)45)55(51-23-10-7-20-48(51)53-32-39-30-38-31-40(33-53)54(38,39)34-53)41-26-24-35(25-27-41)36-13-11-14-42(28-36)56-49-21-8-5-18-46(49)47-19-6-9-22-50(47)56/h1-29,38-40H,30-34H2/t38?,39-,40-,53?,54?/m0/s1. The first-order valence-electron chi connectivity index (χ1n) is 20.7. The molecule has 0 N–H and O–H groups in total. The Morgan fingerprint density at radius 2 is 1.09 bits per heavy atom. The van der Waals surface area contributed by atoms with Crippen LogP contribution in [0.5, 0.6) is 0 Å². The molecule has 56 heavy (non-hydrogen) atoms. The number of rotatable bonds is 6. The molecule has 4 fully saturated rings. The molecule has 0 radical (unpaired) electrons. The maximum atomic E-state index is 2.62. The van der Waals surface area contributed by atoms with Crippen molar-refractivity contribution >= 4 is 60.4 Å². The first kappa shape index (κ1) is 31.1. The lowest BCUT2D eigenvalue weighted by molar-refractivity contribution is -0.175. The molecule has 2 bridgehead atoms. The van der Waals surface area contributed by atoms with Gasteiger partial charge in [-0.1, -0.05) is 127 Å². The summed E-state index contributed by atoms with van der Waals surface area (Å²) in [6, 6.07) is 65.9. The predicted molar refractivity (Wildman–Crippen MR) is 234 cm³/mol. The zero-order valence-corrected chi connectivity index (χ0v) is 31.4. The fourth-order valence-electron chi connectivity index (χ4n) is 13.0. The van der Waals surface area contributed by atoms with Gasteiger partial charge < -0.3 is 9.47 Å². The normalized spacial score (nSPS) is 24.4. The predicted octanol–water partition coefficient (Wildman–Crippen LogP) is 14.3. The third-order valence-electron chi connectivity index (χ3n) is 15.2. The van der Waals surface area contributed by atoms with Crippen LogP contribution in [0.15, 0.2) is 176 Å². The van der Waals surface area contributed by atoms with E-state index in [4.69, 9.17) is 0 Å². The van der Waals surface area contributed by atoms with Gasteiger partial charge in [-0.2, -0.15) is 0 Å². The maximum absolute atomic E-state index is 2.62. The number of hydrogen-bond acceptors (Lipinski definition) is 1. The van der Waals surface area contributed by atoms with Crippen molar-refractivity contribution in [3.63, 3.8) is 0 Å². The van der Waals surface area contributed by atoms with Crippen LogP contribution in [0.1, 0.15) is 37.7 Å². The zero-order chi connectivity index (χ0) is 36.6. The molecule has 2 atom stereocenters. The van der Waals surface area contributed by atoms with Gasteiger partial charge in [-0.15, -0.1) is 0 Å². The molecule has 1 spiro atoms. The number of benzene rings is 8. The topological polar surface area (TPSA) is 8.17 Å². The summed E-state index contributed by atoms with van der Waals surface area (Å²) in [5.41, 5.74) is 12.4. The van der Waals surface area contributed by atoms with Crippen molar-refractivity contribution in [3.05, 3.63) is 181 Å². The number of nitrogens with zero attached hydrogens (tertiary/aromatic N) is 2. The fourth-order valence-corrected chi connectivity index (χ4v) is 13.0. The van der Waals surface area contributed by atoms with Crippen molar-refractivity contribution in [1.29, 1.82) is 0 Å². The van der Waals surface area contributed by atoms with E-state index in [-0.39, 0.29) is 5.41 Å². The van der Waals surface area contributed by atoms with E-state index in [1.54, 1.807) is 5.56 Å². The summed E-state index contributed by atoms with van der Waals surface area (Å²) in [6.45, 7) is 0. The van der Waals surface area contributed by atoms with E-state index in [1.807, 2.05) is 0 Å². The molecule has 13 rings (SSSR count). The molecule has 4 saturated carbocycles. The highest BCUT2D eigenvalue weighted by atomic mass is 15.1. The summed E-state index contributed by atoms with van der Waals surface area (Å²) < 4.78 is 2.41. The quantitative estimate of drug-likeness (QED) is 0.155. The SMILES string of the molecule is c1cc(-c2ccc(N(c3ccccc3C34C[C@@H]5CC6C[C@@H](C3)C65C4)c3cc4ccccc4c4ccccc34)cc2)cc(-n2c3ccccc3c3ccccc32)c1. The minimum atomic E-state index is 0.273.